The predicted octanol–water partition coefficient (Wildman–Crippen LogP) is 0.413. The lowest BCUT2D eigenvalue weighted by Crippen LogP contribution is -2.42. The van der Waals surface area contributed by atoms with Gasteiger partial charge in [-0.05, 0) is 30.5 Å². The molecule has 0 spiro atoms. The number of aliphatic hydroxyl groups is 1. The monoisotopic (exact) mass is 341 g/mol. The van der Waals surface area contributed by atoms with Crippen molar-refractivity contribution in [2.24, 2.45) is 11.1 Å². The van der Waals surface area contributed by atoms with Crippen LogP contribution in [0.1, 0.15) is 27.2 Å². The zero-order chi connectivity index (χ0) is 18.4. The van der Waals surface area contributed by atoms with Crippen molar-refractivity contribution >= 4 is 17.4 Å². The molecule has 10 heteroatoms. The Balaban J connectivity index is 3.10. The van der Waals surface area contributed by atoms with E-state index in [1.165, 1.54) is 6.92 Å². The van der Waals surface area contributed by atoms with Crippen molar-refractivity contribution in [3.63, 3.8) is 0 Å². The molecule has 0 fully saturated rings. The van der Waals surface area contributed by atoms with Crippen LogP contribution in [0.4, 0.5) is 0 Å². The van der Waals surface area contributed by atoms with Gasteiger partial charge in [0.25, 0.3) is 11.6 Å². The summed E-state index contributed by atoms with van der Waals surface area (Å²) < 4.78 is 0. The number of Topliss-reactive ketones (excluding diaryl/α,β-unsaturated/α-hetero) is 1. The molecule has 0 aliphatic heterocycles. The van der Waals surface area contributed by atoms with Crippen molar-refractivity contribution < 1.29 is 29.9 Å². The Bertz CT molecular complexity index is 622. The highest BCUT2D eigenvalue weighted by molar-refractivity contribution is 6.10. The first-order valence-corrected chi connectivity index (χ1v) is 7.12. The molecule has 0 aromatic carbocycles. The second kappa shape index (κ2) is 8.31. The minimum absolute atomic E-state index is 0.145. The van der Waals surface area contributed by atoms with E-state index < -0.39 is 34.4 Å². The van der Waals surface area contributed by atoms with E-state index in [-0.39, 0.29) is 17.3 Å². The molecule has 1 aliphatic rings. The van der Waals surface area contributed by atoms with Crippen LogP contribution in [-0.4, -0.2) is 44.8 Å². The Morgan fingerprint density at radius 2 is 2.08 bits per heavy atom. The maximum atomic E-state index is 12.3. The molecule has 0 saturated heterocycles. The highest BCUT2D eigenvalue weighted by Crippen LogP contribution is 2.18. The average Bonchev–Trinajstić information content (AvgIpc) is 2.47. The minimum atomic E-state index is -1.76. The number of nitrogens with zero attached hydrogens (tertiary/aromatic N) is 2. The smallest absolute Gasteiger partial charge is 0.281 e. The van der Waals surface area contributed by atoms with Crippen molar-refractivity contribution in [3.8, 4) is 0 Å². The second-order valence-electron chi connectivity index (χ2n) is 5.69. The minimum Gasteiger partial charge on any atom is -0.376 e. The third-order valence-corrected chi connectivity index (χ3v) is 3.29. The van der Waals surface area contributed by atoms with E-state index in [0.29, 0.717) is 6.42 Å². The van der Waals surface area contributed by atoms with Crippen molar-refractivity contribution in [2.45, 2.75) is 39.3 Å². The van der Waals surface area contributed by atoms with Gasteiger partial charge in [-0.1, -0.05) is 13.8 Å². The van der Waals surface area contributed by atoms with Gasteiger partial charge in [0, 0.05) is 11.6 Å². The van der Waals surface area contributed by atoms with Gasteiger partial charge in [0.05, 0.1) is 11.0 Å². The fourth-order valence-corrected chi connectivity index (χ4v) is 2.12. The van der Waals surface area contributed by atoms with E-state index in [1.807, 2.05) is 13.8 Å². The molecule has 1 aliphatic carbocycles. The molecule has 0 bridgehead atoms. The molecular weight excluding hydrogens is 322 g/mol. The fourth-order valence-electron chi connectivity index (χ4n) is 2.12. The van der Waals surface area contributed by atoms with E-state index >= 15 is 0 Å². The molecule has 24 heavy (non-hydrogen) atoms. The lowest BCUT2D eigenvalue weighted by atomic mass is 9.97. The molecular formula is C14H19N3O7. The molecule has 1 unspecified atom stereocenters. The van der Waals surface area contributed by atoms with Crippen molar-refractivity contribution in [1.82, 2.24) is 5.32 Å². The standard InChI is InChI=1S/C14H19N3O7/c1-7(2)4-10(8(3)18)15-14(20)9-5-11(16-24-23)13(19)12(6-9)17(21)22/h5-7,10,13,19,23H,4H2,1-3H3,(H,15,20)/b16-11-/t10-,13?/m0/s1. The van der Waals surface area contributed by atoms with Crippen molar-refractivity contribution in [3.05, 3.63) is 33.5 Å². The summed E-state index contributed by atoms with van der Waals surface area (Å²) in [5.74, 6) is -0.849. The summed E-state index contributed by atoms with van der Waals surface area (Å²) in [6.07, 6.45) is 0.547. The lowest BCUT2D eigenvalue weighted by Gasteiger charge is -2.19. The summed E-state index contributed by atoms with van der Waals surface area (Å²) >= 11 is 0. The zero-order valence-corrected chi connectivity index (χ0v) is 13.4. The molecule has 10 nitrogen and oxygen atoms in total. The Morgan fingerprint density at radius 1 is 1.46 bits per heavy atom. The van der Waals surface area contributed by atoms with E-state index in [4.69, 9.17) is 5.26 Å². The molecule has 1 rings (SSSR count). The normalized spacial score (nSPS) is 20.2. The molecule has 2 atom stereocenters. The van der Waals surface area contributed by atoms with E-state index in [9.17, 15) is 24.8 Å². The summed E-state index contributed by atoms with van der Waals surface area (Å²) in [7, 11) is 0. The van der Waals surface area contributed by atoms with Gasteiger partial charge in [0.1, 0.15) is 5.71 Å². The number of aliphatic hydroxyl groups excluding tert-OH is 1. The lowest BCUT2D eigenvalue weighted by molar-refractivity contribution is -0.433. The first-order chi connectivity index (χ1) is 11.2. The number of oxime groups is 1. The SMILES string of the molecule is CC(=O)[C@H](CC(C)C)NC(=O)C1=C/C(=N/OO)C(O)C([N+](=O)[O-])=C1. The van der Waals surface area contributed by atoms with Crippen LogP contribution >= 0.6 is 0 Å². The summed E-state index contributed by atoms with van der Waals surface area (Å²) in [4.78, 5) is 37.5. The maximum absolute atomic E-state index is 12.3. The van der Waals surface area contributed by atoms with Gasteiger partial charge >= 0.3 is 0 Å². The van der Waals surface area contributed by atoms with Crippen molar-refractivity contribution in [2.75, 3.05) is 0 Å². The van der Waals surface area contributed by atoms with Crippen LogP contribution in [0.25, 0.3) is 0 Å². The first-order valence-electron chi connectivity index (χ1n) is 7.12. The maximum Gasteiger partial charge on any atom is 0.281 e. The van der Waals surface area contributed by atoms with Crippen LogP contribution in [-0.2, 0) is 14.6 Å². The van der Waals surface area contributed by atoms with Crippen molar-refractivity contribution in [1.29, 1.82) is 0 Å². The number of nitrogens with one attached hydrogen (secondary N) is 1. The number of hydrogen-bond acceptors (Lipinski definition) is 8. The molecule has 0 saturated carbocycles. The number of hydrogen-bond donors (Lipinski definition) is 3. The number of carbonyl (C=O) groups is 2. The van der Waals surface area contributed by atoms with Gasteiger partial charge in [-0.15, -0.1) is 0 Å². The van der Waals surface area contributed by atoms with E-state index in [2.05, 4.69) is 15.5 Å². The van der Waals surface area contributed by atoms with Gasteiger partial charge in [0.2, 0.25) is 0 Å². The Labute approximate surface area is 137 Å². The van der Waals surface area contributed by atoms with E-state index in [0.717, 1.165) is 12.2 Å². The number of amides is 1. The second-order valence-corrected chi connectivity index (χ2v) is 5.69. The summed E-state index contributed by atoms with van der Waals surface area (Å²) in [5, 5.41) is 34.6. The average molecular weight is 341 g/mol. The zero-order valence-electron chi connectivity index (χ0n) is 13.4. The molecule has 0 aromatic rings. The van der Waals surface area contributed by atoms with Gasteiger partial charge in [0.15, 0.2) is 11.9 Å². The summed E-state index contributed by atoms with van der Waals surface area (Å²) in [5.41, 5.74) is -1.32. The quantitative estimate of drug-likeness (QED) is 0.344. The molecule has 0 heterocycles. The summed E-state index contributed by atoms with van der Waals surface area (Å²) in [6, 6.07) is -0.743. The Kier molecular flexibility index (Phi) is 6.74. The van der Waals surface area contributed by atoms with Gasteiger partial charge < -0.3 is 10.4 Å². The van der Waals surface area contributed by atoms with E-state index in [1.54, 1.807) is 0 Å². The van der Waals surface area contributed by atoms with Crippen LogP contribution in [0.5, 0.6) is 0 Å². The Hall–Kier alpha value is -2.59. The van der Waals surface area contributed by atoms with Gasteiger partial charge in [-0.2, -0.15) is 5.26 Å². The topological polar surface area (TPSA) is 151 Å². The molecule has 0 radical (unpaired) electrons. The third kappa shape index (κ3) is 4.96. The van der Waals surface area contributed by atoms with Crippen LogP contribution < -0.4 is 5.32 Å². The predicted molar refractivity (Wildman–Crippen MR) is 82.4 cm³/mol. The molecule has 1 amide bonds. The Morgan fingerprint density at radius 3 is 2.54 bits per heavy atom. The van der Waals surface area contributed by atoms with Crippen LogP contribution in [0, 0.1) is 16.0 Å². The molecule has 3 N–H and O–H groups in total. The van der Waals surface area contributed by atoms with Crippen LogP contribution in [0.2, 0.25) is 0 Å². The largest absolute Gasteiger partial charge is 0.376 e. The van der Waals surface area contributed by atoms with Gasteiger partial charge in [-0.25, -0.2) is 4.99 Å². The number of carbonyl (C=O) groups excluding carboxylic acids is 2. The first kappa shape index (κ1) is 19.5. The number of rotatable bonds is 7. The molecule has 132 valence electrons. The van der Waals surface area contributed by atoms with Gasteiger partial charge in [-0.3, -0.25) is 19.7 Å². The fraction of sp³-hybridized carbons (Fsp3) is 0.500. The van der Waals surface area contributed by atoms with Crippen LogP contribution in [0.15, 0.2) is 28.6 Å². The highest BCUT2D eigenvalue weighted by atomic mass is 17.2. The summed E-state index contributed by atoms with van der Waals surface area (Å²) in [6.45, 7) is 5.09. The third-order valence-electron chi connectivity index (χ3n) is 3.29. The number of nitro groups is 1. The van der Waals surface area contributed by atoms with Crippen LogP contribution in [0.3, 0.4) is 0 Å². The number of ketones is 1. The molecule has 0 aromatic heterocycles. The highest BCUT2D eigenvalue weighted by Gasteiger charge is 2.33.